The van der Waals surface area contributed by atoms with Gasteiger partial charge >= 0.3 is 0 Å². The van der Waals surface area contributed by atoms with Crippen LogP contribution >= 0.6 is 11.3 Å². The third-order valence-electron chi connectivity index (χ3n) is 8.86. The molecule has 1 saturated carbocycles. The number of ketones is 1. The Bertz CT molecular complexity index is 1240. The Morgan fingerprint density at radius 1 is 1.12 bits per heavy atom. The van der Waals surface area contributed by atoms with Crippen LogP contribution in [0.4, 0.5) is 5.13 Å². The van der Waals surface area contributed by atoms with Gasteiger partial charge in [-0.05, 0) is 37.9 Å². The van der Waals surface area contributed by atoms with Crippen LogP contribution in [0.3, 0.4) is 0 Å². The summed E-state index contributed by atoms with van der Waals surface area (Å²) in [5, 5.41) is 6.12. The van der Waals surface area contributed by atoms with E-state index in [0.717, 1.165) is 68.3 Å². The first-order valence-corrected chi connectivity index (χ1v) is 15.1. The highest BCUT2D eigenvalue weighted by Crippen LogP contribution is 2.34. The number of rotatable bonds is 7. The Balaban J connectivity index is 1.15. The molecule has 0 bridgehead atoms. The van der Waals surface area contributed by atoms with Gasteiger partial charge in [0.15, 0.2) is 10.9 Å². The number of carbonyl (C=O) groups excluding carboxylic acids is 3. The smallest absolute Gasteiger partial charge is 0.251 e. The van der Waals surface area contributed by atoms with Crippen LogP contribution in [0, 0.1) is 5.92 Å². The summed E-state index contributed by atoms with van der Waals surface area (Å²) >= 11 is 1.64. The van der Waals surface area contributed by atoms with Crippen LogP contribution in [0.5, 0.6) is 0 Å². The molecule has 1 N–H and O–H groups in total. The molecule has 4 heterocycles. The van der Waals surface area contributed by atoms with Crippen molar-refractivity contribution in [2.45, 2.75) is 50.0 Å². The zero-order chi connectivity index (χ0) is 27.8. The van der Waals surface area contributed by atoms with Gasteiger partial charge in [0.05, 0.1) is 12.2 Å². The molecule has 11 heteroatoms. The first-order chi connectivity index (χ1) is 19.4. The second-order valence-corrected chi connectivity index (χ2v) is 12.2. The van der Waals surface area contributed by atoms with Crippen LogP contribution in [-0.4, -0.2) is 110 Å². The Morgan fingerprint density at radius 2 is 1.85 bits per heavy atom. The molecule has 214 valence electrons. The van der Waals surface area contributed by atoms with Gasteiger partial charge in [-0.25, -0.2) is 4.98 Å². The van der Waals surface area contributed by atoms with Crippen molar-refractivity contribution in [1.82, 2.24) is 20.1 Å². The topological polar surface area (TPSA) is 104 Å². The molecule has 0 unspecified atom stereocenters. The molecule has 10 nitrogen and oxygen atoms in total. The molecule has 1 aromatic carbocycles. The second-order valence-electron chi connectivity index (χ2n) is 11.3. The van der Waals surface area contributed by atoms with Crippen LogP contribution in [0.2, 0.25) is 0 Å². The lowest BCUT2D eigenvalue weighted by Crippen LogP contribution is -2.54. The van der Waals surface area contributed by atoms with E-state index in [9.17, 15) is 14.4 Å². The number of hydrogen-bond donors (Lipinski definition) is 1. The van der Waals surface area contributed by atoms with Gasteiger partial charge in [0.2, 0.25) is 5.91 Å². The van der Waals surface area contributed by atoms with Crippen LogP contribution in [0.1, 0.15) is 36.0 Å². The van der Waals surface area contributed by atoms with Gasteiger partial charge in [-0.3, -0.25) is 14.4 Å². The third kappa shape index (κ3) is 5.27. The van der Waals surface area contributed by atoms with Crippen LogP contribution in [0.25, 0.3) is 11.3 Å². The van der Waals surface area contributed by atoms with E-state index in [1.165, 1.54) is 0 Å². The maximum absolute atomic E-state index is 13.9. The van der Waals surface area contributed by atoms with E-state index in [1.54, 1.807) is 35.5 Å². The number of Topliss-reactive ketones (excluding diaryl/α,β-unsaturated/α-hetero) is 1. The molecule has 40 heavy (non-hydrogen) atoms. The first kappa shape index (κ1) is 27.3. The van der Waals surface area contributed by atoms with E-state index in [1.807, 2.05) is 12.1 Å². The fourth-order valence-electron chi connectivity index (χ4n) is 6.45. The molecular weight excluding hydrogens is 530 g/mol. The van der Waals surface area contributed by atoms with Crippen molar-refractivity contribution >= 4 is 34.1 Å². The van der Waals surface area contributed by atoms with E-state index in [4.69, 9.17) is 14.5 Å². The molecule has 0 radical (unpaired) electrons. The van der Waals surface area contributed by atoms with Gasteiger partial charge in [-0.15, -0.1) is 11.3 Å². The van der Waals surface area contributed by atoms with Crippen molar-refractivity contribution < 1.29 is 23.9 Å². The van der Waals surface area contributed by atoms with Gasteiger partial charge in [-0.2, -0.15) is 0 Å². The largest absolute Gasteiger partial charge is 0.377 e. The molecular formula is C29H37N5O5S. The summed E-state index contributed by atoms with van der Waals surface area (Å²) in [5.41, 5.74) is 2.33. The van der Waals surface area contributed by atoms with Gasteiger partial charge in [0.1, 0.15) is 30.9 Å². The number of likely N-dealkylation sites (tertiary alicyclic amines) is 1. The maximum atomic E-state index is 13.9. The van der Waals surface area contributed by atoms with Crippen molar-refractivity contribution in [3.05, 3.63) is 35.2 Å². The quantitative estimate of drug-likeness (QED) is 0.542. The number of benzene rings is 1. The van der Waals surface area contributed by atoms with Gasteiger partial charge in [0, 0.05) is 49.8 Å². The SMILES string of the molecule is CO[C@@H]1CN(C(=O)[C@@H](NC(=O)c2ccc(-c3csc(N4CCN(C)CC4)n3)cc2)C2CCCC2)[C@@H]2C(=O)CO[C@@H]21. The molecule has 1 aliphatic carbocycles. The normalized spacial score (nSPS) is 26.4. The number of methoxy groups -OCH3 is 1. The van der Waals surface area contributed by atoms with E-state index >= 15 is 0 Å². The maximum Gasteiger partial charge on any atom is 0.251 e. The number of piperazine rings is 1. The molecule has 0 spiro atoms. The number of anilines is 1. The highest BCUT2D eigenvalue weighted by Gasteiger charge is 2.54. The first-order valence-electron chi connectivity index (χ1n) is 14.2. The zero-order valence-electron chi connectivity index (χ0n) is 23.1. The molecule has 1 aromatic heterocycles. The van der Waals surface area contributed by atoms with Gasteiger partial charge in [0.25, 0.3) is 5.91 Å². The highest BCUT2D eigenvalue weighted by molar-refractivity contribution is 7.14. The van der Waals surface area contributed by atoms with E-state index < -0.39 is 18.2 Å². The Morgan fingerprint density at radius 3 is 2.55 bits per heavy atom. The molecule has 4 atom stereocenters. The van der Waals surface area contributed by atoms with Crippen molar-refractivity contribution in [3.63, 3.8) is 0 Å². The Labute approximate surface area is 238 Å². The lowest BCUT2D eigenvalue weighted by Gasteiger charge is -2.32. The fourth-order valence-corrected chi connectivity index (χ4v) is 7.34. The van der Waals surface area contributed by atoms with Crippen molar-refractivity contribution in [2.75, 3.05) is 58.4 Å². The highest BCUT2D eigenvalue weighted by atomic mass is 32.1. The predicted octanol–water partition coefficient (Wildman–Crippen LogP) is 2.04. The minimum atomic E-state index is -0.691. The van der Waals surface area contributed by atoms with Crippen molar-refractivity contribution in [2.24, 2.45) is 5.92 Å². The third-order valence-corrected chi connectivity index (χ3v) is 9.76. The van der Waals surface area contributed by atoms with Crippen LogP contribution in [-0.2, 0) is 19.1 Å². The Kier molecular flexibility index (Phi) is 7.89. The number of fused-ring (bicyclic) bond motifs is 1. The van der Waals surface area contributed by atoms with Gasteiger partial charge in [-0.1, -0.05) is 25.0 Å². The number of aromatic nitrogens is 1. The summed E-state index contributed by atoms with van der Waals surface area (Å²) in [6, 6.07) is 6.06. The summed E-state index contributed by atoms with van der Waals surface area (Å²) in [4.78, 5) is 50.9. The molecule has 4 fully saturated rings. The number of thiazole rings is 1. The number of carbonyl (C=O) groups is 3. The molecule has 2 aromatic rings. The monoisotopic (exact) mass is 567 g/mol. The average molecular weight is 568 g/mol. The number of likely N-dealkylation sites (N-methyl/N-ethyl adjacent to an activating group) is 1. The predicted molar refractivity (Wildman–Crippen MR) is 152 cm³/mol. The summed E-state index contributed by atoms with van der Waals surface area (Å²) in [6.45, 7) is 4.26. The number of nitrogens with one attached hydrogen (secondary N) is 1. The summed E-state index contributed by atoms with van der Waals surface area (Å²) in [7, 11) is 3.71. The zero-order valence-corrected chi connectivity index (χ0v) is 23.9. The van der Waals surface area contributed by atoms with Crippen molar-refractivity contribution in [3.8, 4) is 11.3 Å². The van der Waals surface area contributed by atoms with Crippen LogP contribution in [0.15, 0.2) is 29.6 Å². The molecule has 2 amide bonds. The minimum absolute atomic E-state index is 0.0123. The second kappa shape index (κ2) is 11.6. The van der Waals surface area contributed by atoms with Crippen LogP contribution < -0.4 is 10.2 Å². The molecule has 4 aliphatic rings. The summed E-state index contributed by atoms with van der Waals surface area (Å²) in [6.07, 6.45) is 2.99. The fraction of sp³-hybridized carbons (Fsp3) is 0.586. The number of nitrogens with zero attached hydrogens (tertiary/aromatic N) is 4. The molecule has 3 saturated heterocycles. The number of hydrogen-bond acceptors (Lipinski definition) is 9. The Hall–Kier alpha value is -2.86. The lowest BCUT2D eigenvalue weighted by atomic mass is 9.95. The van der Waals surface area contributed by atoms with E-state index in [-0.39, 0.29) is 42.8 Å². The number of ether oxygens (including phenoxy) is 2. The minimum Gasteiger partial charge on any atom is -0.377 e. The van der Waals surface area contributed by atoms with Crippen molar-refractivity contribution in [1.29, 1.82) is 0 Å². The molecule has 3 aliphatic heterocycles. The van der Waals surface area contributed by atoms with E-state index in [2.05, 4.69) is 27.5 Å². The van der Waals surface area contributed by atoms with E-state index in [0.29, 0.717) is 5.56 Å². The number of amides is 2. The lowest BCUT2D eigenvalue weighted by molar-refractivity contribution is -0.139. The summed E-state index contributed by atoms with van der Waals surface area (Å²) < 4.78 is 11.2. The average Bonchev–Trinajstić information content (AvgIpc) is 3.78. The summed E-state index contributed by atoms with van der Waals surface area (Å²) in [5.74, 6) is -0.579. The van der Waals surface area contributed by atoms with Gasteiger partial charge < -0.3 is 29.5 Å². The standard InChI is InChI=1S/C29H37N5O5S/c1-32-11-13-33(14-12-32)29-30-21(17-40-29)18-7-9-20(10-8-18)27(36)31-24(19-5-3-4-6-19)28(37)34-15-23(38-2)26-25(34)22(35)16-39-26/h7-10,17,19,23-26H,3-6,11-16H2,1-2H3,(H,31,36)/t23-,24+,25-,26-/m1/s1. The molecule has 6 rings (SSSR count).